The molecule has 1 atom stereocenters. The van der Waals surface area contributed by atoms with E-state index >= 15 is 0 Å². The standard InChI is InChI=1S/C10H23N3O3/c1-9(10(11)12-14)8-13(4-6-15-2)5-7-16-3/h9,14H,4-8H2,1-3H3,(H2,11,12). The van der Waals surface area contributed by atoms with Crippen LogP contribution in [0.25, 0.3) is 0 Å². The fourth-order valence-corrected chi connectivity index (χ4v) is 1.31. The Hall–Kier alpha value is -0.850. The first-order chi connectivity index (χ1) is 7.65. The maximum absolute atomic E-state index is 8.57. The molecule has 16 heavy (non-hydrogen) atoms. The van der Waals surface area contributed by atoms with Crippen LogP contribution in [0, 0.1) is 5.92 Å². The van der Waals surface area contributed by atoms with E-state index in [1.807, 2.05) is 6.92 Å². The summed E-state index contributed by atoms with van der Waals surface area (Å²) in [5, 5.41) is 11.6. The van der Waals surface area contributed by atoms with Crippen LogP contribution in [0.15, 0.2) is 5.16 Å². The summed E-state index contributed by atoms with van der Waals surface area (Å²) in [5.41, 5.74) is 5.53. The van der Waals surface area contributed by atoms with Crippen LogP contribution in [0.1, 0.15) is 6.92 Å². The Morgan fingerprint density at radius 1 is 1.31 bits per heavy atom. The smallest absolute Gasteiger partial charge is 0.143 e. The van der Waals surface area contributed by atoms with E-state index in [1.54, 1.807) is 14.2 Å². The van der Waals surface area contributed by atoms with Gasteiger partial charge in [0.2, 0.25) is 0 Å². The number of rotatable bonds is 9. The lowest BCUT2D eigenvalue weighted by molar-refractivity contribution is 0.110. The Kier molecular flexibility index (Phi) is 8.88. The summed E-state index contributed by atoms with van der Waals surface area (Å²) in [6.07, 6.45) is 0. The second kappa shape index (κ2) is 9.38. The lowest BCUT2D eigenvalue weighted by atomic mass is 10.1. The van der Waals surface area contributed by atoms with Gasteiger partial charge in [-0.05, 0) is 0 Å². The number of methoxy groups -OCH3 is 2. The third-order valence-corrected chi connectivity index (χ3v) is 2.38. The highest BCUT2D eigenvalue weighted by Crippen LogP contribution is 2.00. The van der Waals surface area contributed by atoms with Crippen molar-refractivity contribution >= 4 is 5.84 Å². The van der Waals surface area contributed by atoms with Gasteiger partial charge >= 0.3 is 0 Å². The average Bonchev–Trinajstić information content (AvgIpc) is 2.31. The molecule has 0 aliphatic carbocycles. The summed E-state index contributed by atoms with van der Waals surface area (Å²) in [6, 6.07) is 0. The molecule has 0 aliphatic heterocycles. The van der Waals surface area contributed by atoms with Gasteiger partial charge in [0.25, 0.3) is 0 Å². The number of nitrogens with two attached hydrogens (primary N) is 1. The Morgan fingerprint density at radius 3 is 2.19 bits per heavy atom. The van der Waals surface area contributed by atoms with Crippen LogP contribution >= 0.6 is 0 Å². The van der Waals surface area contributed by atoms with Gasteiger partial charge in [0.1, 0.15) is 5.84 Å². The van der Waals surface area contributed by atoms with Crippen LogP contribution in [0.5, 0.6) is 0 Å². The first kappa shape index (κ1) is 15.2. The van der Waals surface area contributed by atoms with Gasteiger partial charge in [-0.15, -0.1) is 0 Å². The number of hydrogen-bond donors (Lipinski definition) is 2. The van der Waals surface area contributed by atoms with E-state index in [2.05, 4.69) is 10.1 Å². The molecule has 6 heteroatoms. The minimum atomic E-state index is 0.0127. The average molecular weight is 233 g/mol. The number of ether oxygens (including phenoxy) is 2. The van der Waals surface area contributed by atoms with Gasteiger partial charge in [-0.1, -0.05) is 12.1 Å². The summed E-state index contributed by atoms with van der Waals surface area (Å²) in [7, 11) is 3.34. The van der Waals surface area contributed by atoms with Gasteiger partial charge in [-0.2, -0.15) is 0 Å². The van der Waals surface area contributed by atoms with Crippen molar-refractivity contribution in [2.45, 2.75) is 6.92 Å². The van der Waals surface area contributed by atoms with Crippen molar-refractivity contribution in [2.75, 3.05) is 47.1 Å². The highest BCUT2D eigenvalue weighted by Gasteiger charge is 2.13. The molecular weight excluding hydrogens is 210 g/mol. The Morgan fingerprint density at radius 2 is 1.81 bits per heavy atom. The summed E-state index contributed by atoms with van der Waals surface area (Å²) >= 11 is 0. The maximum Gasteiger partial charge on any atom is 0.143 e. The summed E-state index contributed by atoms with van der Waals surface area (Å²) in [4.78, 5) is 2.16. The molecule has 0 radical (unpaired) electrons. The van der Waals surface area contributed by atoms with Gasteiger partial charge in [0.05, 0.1) is 13.2 Å². The molecular formula is C10H23N3O3. The third-order valence-electron chi connectivity index (χ3n) is 2.38. The largest absolute Gasteiger partial charge is 0.409 e. The molecule has 0 bridgehead atoms. The second-order valence-corrected chi connectivity index (χ2v) is 3.71. The third kappa shape index (κ3) is 6.60. The van der Waals surface area contributed by atoms with Crippen LogP contribution in [0.2, 0.25) is 0 Å². The minimum absolute atomic E-state index is 0.0127. The molecule has 0 rings (SSSR count). The van der Waals surface area contributed by atoms with E-state index < -0.39 is 0 Å². The van der Waals surface area contributed by atoms with Gasteiger partial charge in [-0.3, -0.25) is 4.90 Å². The number of nitrogens with zero attached hydrogens (tertiary/aromatic N) is 2. The molecule has 0 aliphatic rings. The quantitative estimate of drug-likeness (QED) is 0.253. The molecule has 96 valence electrons. The molecule has 0 amide bonds. The lowest BCUT2D eigenvalue weighted by Gasteiger charge is -2.24. The normalized spacial score (nSPS) is 14.4. The number of amidine groups is 1. The zero-order valence-corrected chi connectivity index (χ0v) is 10.3. The van der Waals surface area contributed by atoms with Crippen LogP contribution in [-0.2, 0) is 9.47 Å². The zero-order valence-electron chi connectivity index (χ0n) is 10.3. The van der Waals surface area contributed by atoms with Gasteiger partial charge in [0.15, 0.2) is 0 Å². The van der Waals surface area contributed by atoms with E-state index in [-0.39, 0.29) is 11.8 Å². The first-order valence-corrected chi connectivity index (χ1v) is 5.33. The Balaban J connectivity index is 4.07. The van der Waals surface area contributed by atoms with Crippen molar-refractivity contribution in [1.29, 1.82) is 0 Å². The topological polar surface area (TPSA) is 80.3 Å². The number of oxime groups is 1. The van der Waals surface area contributed by atoms with Crippen molar-refractivity contribution in [1.82, 2.24) is 4.90 Å². The highest BCUT2D eigenvalue weighted by atomic mass is 16.5. The molecule has 0 saturated carbocycles. The van der Waals surface area contributed by atoms with E-state index in [0.29, 0.717) is 13.2 Å². The molecule has 0 heterocycles. The molecule has 0 aromatic heterocycles. The molecule has 3 N–H and O–H groups in total. The monoisotopic (exact) mass is 233 g/mol. The van der Waals surface area contributed by atoms with Crippen LogP contribution in [-0.4, -0.2) is 63.0 Å². The molecule has 0 fully saturated rings. The molecule has 1 unspecified atom stereocenters. The zero-order chi connectivity index (χ0) is 12.4. The Bertz CT molecular complexity index is 192. The minimum Gasteiger partial charge on any atom is -0.409 e. The van der Waals surface area contributed by atoms with E-state index in [9.17, 15) is 0 Å². The van der Waals surface area contributed by atoms with Crippen LogP contribution < -0.4 is 5.73 Å². The maximum atomic E-state index is 8.57. The predicted molar refractivity (Wildman–Crippen MR) is 62.8 cm³/mol. The molecule has 0 saturated heterocycles. The fraction of sp³-hybridized carbons (Fsp3) is 0.900. The highest BCUT2D eigenvalue weighted by molar-refractivity contribution is 5.82. The van der Waals surface area contributed by atoms with Crippen LogP contribution in [0.4, 0.5) is 0 Å². The van der Waals surface area contributed by atoms with E-state index in [1.165, 1.54) is 0 Å². The SMILES string of the molecule is COCCN(CCOC)CC(C)/C(N)=N/O. The van der Waals surface area contributed by atoms with Crippen LogP contribution in [0.3, 0.4) is 0 Å². The summed E-state index contributed by atoms with van der Waals surface area (Å²) in [6.45, 7) is 5.58. The number of hydrogen-bond acceptors (Lipinski definition) is 5. The first-order valence-electron chi connectivity index (χ1n) is 5.33. The molecule has 6 nitrogen and oxygen atoms in total. The van der Waals surface area contributed by atoms with Gasteiger partial charge < -0.3 is 20.4 Å². The molecule has 0 spiro atoms. The molecule has 0 aromatic rings. The van der Waals surface area contributed by atoms with Crippen molar-refractivity contribution in [3.8, 4) is 0 Å². The van der Waals surface area contributed by atoms with Gasteiger partial charge in [0, 0.05) is 39.8 Å². The summed E-state index contributed by atoms with van der Waals surface area (Å²) in [5.74, 6) is 0.263. The Labute approximate surface area is 97.0 Å². The second-order valence-electron chi connectivity index (χ2n) is 3.71. The predicted octanol–water partition coefficient (Wildman–Crippen LogP) is -0.0363. The van der Waals surface area contributed by atoms with Crippen molar-refractivity contribution in [3.05, 3.63) is 0 Å². The lowest BCUT2D eigenvalue weighted by Crippen LogP contribution is -2.38. The van der Waals surface area contributed by atoms with Gasteiger partial charge in [-0.25, -0.2) is 0 Å². The van der Waals surface area contributed by atoms with E-state index in [4.69, 9.17) is 20.4 Å². The fourth-order valence-electron chi connectivity index (χ4n) is 1.31. The van der Waals surface area contributed by atoms with Crippen molar-refractivity contribution in [3.63, 3.8) is 0 Å². The van der Waals surface area contributed by atoms with Crippen molar-refractivity contribution < 1.29 is 14.7 Å². The summed E-state index contributed by atoms with van der Waals surface area (Å²) < 4.78 is 10.1. The van der Waals surface area contributed by atoms with Crippen molar-refractivity contribution in [2.24, 2.45) is 16.8 Å². The molecule has 0 aromatic carbocycles. The van der Waals surface area contributed by atoms with E-state index in [0.717, 1.165) is 19.6 Å².